The molecule has 0 saturated carbocycles. The maximum Gasteiger partial charge on any atom is 0.247 e. The van der Waals surface area contributed by atoms with Crippen molar-refractivity contribution in [2.45, 2.75) is 64.5 Å². The van der Waals surface area contributed by atoms with Gasteiger partial charge in [0.1, 0.15) is 11.9 Å². The second kappa shape index (κ2) is 13.2. The number of hydrogen-bond acceptors (Lipinski definition) is 6. The Morgan fingerprint density at radius 1 is 0.902 bits per heavy atom. The summed E-state index contributed by atoms with van der Waals surface area (Å²) in [6, 6.07) is 21.7. The van der Waals surface area contributed by atoms with Gasteiger partial charge in [0.05, 0.1) is 11.0 Å². The molecule has 41 heavy (non-hydrogen) atoms. The van der Waals surface area contributed by atoms with Crippen LogP contribution in [0.3, 0.4) is 0 Å². The number of benzene rings is 3. The van der Waals surface area contributed by atoms with E-state index in [9.17, 15) is 9.59 Å². The molecule has 9 heteroatoms. The lowest BCUT2D eigenvalue weighted by atomic mass is 10.1. The summed E-state index contributed by atoms with van der Waals surface area (Å²) >= 11 is 0. The Morgan fingerprint density at radius 2 is 1.71 bits per heavy atom. The van der Waals surface area contributed by atoms with Gasteiger partial charge in [-0.05, 0) is 47.9 Å². The highest BCUT2D eigenvalue weighted by Gasteiger charge is 2.22. The van der Waals surface area contributed by atoms with Gasteiger partial charge in [-0.25, -0.2) is 4.98 Å². The van der Waals surface area contributed by atoms with Crippen LogP contribution in [-0.4, -0.2) is 38.6 Å². The Balaban J connectivity index is 1.29. The first-order valence-electron chi connectivity index (χ1n) is 14.3. The molecule has 1 atom stereocenters. The van der Waals surface area contributed by atoms with E-state index in [0.29, 0.717) is 37.6 Å². The van der Waals surface area contributed by atoms with Gasteiger partial charge >= 0.3 is 0 Å². The predicted molar refractivity (Wildman–Crippen MR) is 159 cm³/mol. The zero-order valence-electron chi connectivity index (χ0n) is 23.6. The average Bonchev–Trinajstić information content (AvgIpc) is 3.64. The van der Waals surface area contributed by atoms with E-state index in [4.69, 9.17) is 9.40 Å². The lowest BCUT2D eigenvalue weighted by molar-refractivity contribution is -0.122. The number of unbranched alkanes of at least 4 members (excludes halogenated alkanes) is 2. The van der Waals surface area contributed by atoms with Crippen LogP contribution in [0.1, 0.15) is 63.2 Å². The molecule has 9 nitrogen and oxygen atoms in total. The summed E-state index contributed by atoms with van der Waals surface area (Å²) in [5.74, 6) is 1.71. The third-order valence-electron chi connectivity index (χ3n) is 7.36. The zero-order chi connectivity index (χ0) is 28.6. The van der Waals surface area contributed by atoms with Crippen molar-refractivity contribution in [2.24, 2.45) is 0 Å². The van der Waals surface area contributed by atoms with E-state index in [0.717, 1.165) is 58.9 Å². The van der Waals surface area contributed by atoms with Gasteiger partial charge in [0.25, 0.3) is 0 Å². The second-order valence-electron chi connectivity index (χ2n) is 10.2. The fraction of sp³-hybridized carbons (Fsp3) is 0.344. The highest BCUT2D eigenvalue weighted by Crippen LogP contribution is 2.27. The molecule has 5 aromatic rings. The third kappa shape index (κ3) is 6.80. The van der Waals surface area contributed by atoms with Crippen molar-refractivity contribution < 1.29 is 14.0 Å². The summed E-state index contributed by atoms with van der Waals surface area (Å²) in [6.07, 6.45) is 4.64. The Kier molecular flexibility index (Phi) is 9.03. The SMILES string of the molecule is CCc1nc2ccccc2n1CCC(=O)N[C@@H](CCCCCC(=O)NC)c1nnc(-c2ccc3ccccc3c2)o1. The number of carbonyl (C=O) groups is 2. The Hall–Kier alpha value is -4.53. The molecule has 0 aliphatic carbocycles. The molecular formula is C32H36N6O3. The van der Waals surface area contributed by atoms with Crippen molar-refractivity contribution in [3.63, 3.8) is 0 Å². The number of amides is 2. The summed E-state index contributed by atoms with van der Waals surface area (Å²) in [7, 11) is 1.65. The monoisotopic (exact) mass is 552 g/mol. The molecule has 2 aromatic heterocycles. The van der Waals surface area contributed by atoms with Crippen LogP contribution in [0.5, 0.6) is 0 Å². The quantitative estimate of drug-likeness (QED) is 0.180. The summed E-state index contributed by atoms with van der Waals surface area (Å²) in [4.78, 5) is 29.5. The first-order chi connectivity index (χ1) is 20.1. The molecule has 0 unspecified atom stereocenters. The van der Waals surface area contributed by atoms with Crippen LogP contribution >= 0.6 is 0 Å². The summed E-state index contributed by atoms with van der Waals surface area (Å²) in [6.45, 7) is 2.60. The number of para-hydroxylation sites is 2. The summed E-state index contributed by atoms with van der Waals surface area (Å²) in [5.41, 5.74) is 2.80. The Labute approximate surface area is 239 Å². The minimum absolute atomic E-state index is 0.0326. The minimum Gasteiger partial charge on any atom is -0.418 e. The zero-order valence-corrected chi connectivity index (χ0v) is 23.6. The number of hydrogen-bond donors (Lipinski definition) is 2. The van der Waals surface area contributed by atoms with Crippen LogP contribution in [0, 0.1) is 0 Å². The van der Waals surface area contributed by atoms with E-state index in [1.807, 2.05) is 60.7 Å². The molecule has 0 saturated heterocycles. The molecule has 0 aliphatic heterocycles. The van der Waals surface area contributed by atoms with Crippen molar-refractivity contribution in [3.8, 4) is 11.5 Å². The largest absolute Gasteiger partial charge is 0.418 e. The van der Waals surface area contributed by atoms with E-state index in [2.05, 4.69) is 38.4 Å². The number of imidazole rings is 1. The van der Waals surface area contributed by atoms with E-state index in [1.54, 1.807) is 7.05 Å². The first-order valence-corrected chi connectivity index (χ1v) is 14.3. The second-order valence-corrected chi connectivity index (χ2v) is 10.2. The maximum absolute atomic E-state index is 13.2. The number of fused-ring (bicyclic) bond motifs is 2. The molecule has 5 rings (SSSR count). The fourth-order valence-corrected chi connectivity index (χ4v) is 5.13. The molecule has 0 fully saturated rings. The summed E-state index contributed by atoms with van der Waals surface area (Å²) < 4.78 is 8.24. The number of nitrogens with zero attached hydrogens (tertiary/aromatic N) is 4. The molecule has 0 spiro atoms. The molecule has 212 valence electrons. The van der Waals surface area contributed by atoms with Crippen molar-refractivity contribution in [1.82, 2.24) is 30.4 Å². The average molecular weight is 553 g/mol. The van der Waals surface area contributed by atoms with Crippen molar-refractivity contribution in [2.75, 3.05) is 7.05 Å². The van der Waals surface area contributed by atoms with Gasteiger partial charge in [0, 0.05) is 38.4 Å². The van der Waals surface area contributed by atoms with Crippen LogP contribution in [0.25, 0.3) is 33.3 Å². The molecule has 2 amide bonds. The highest BCUT2D eigenvalue weighted by molar-refractivity contribution is 5.86. The molecule has 0 radical (unpaired) electrons. The van der Waals surface area contributed by atoms with E-state index in [1.165, 1.54) is 0 Å². The molecule has 2 N–H and O–H groups in total. The first kappa shape index (κ1) is 28.0. The standard InChI is InChI=1S/C32H36N6O3/c1-3-28-34-25-13-9-10-15-27(25)38(28)20-19-30(40)35-26(14-5-4-6-16-29(39)33-2)32-37-36-31(41-32)24-18-17-22-11-7-8-12-23(22)21-24/h7-13,15,17-18,21,26H,3-6,14,16,19-20H2,1-2H3,(H,33,39)(H,35,40)/t26-/m0/s1. The number of aryl methyl sites for hydroxylation is 2. The van der Waals surface area contributed by atoms with Crippen LogP contribution < -0.4 is 10.6 Å². The van der Waals surface area contributed by atoms with Gasteiger partial charge in [-0.3, -0.25) is 9.59 Å². The van der Waals surface area contributed by atoms with Gasteiger partial charge < -0.3 is 19.6 Å². The number of rotatable bonds is 13. The van der Waals surface area contributed by atoms with E-state index in [-0.39, 0.29) is 11.8 Å². The molecule has 0 bridgehead atoms. The predicted octanol–water partition coefficient (Wildman–Crippen LogP) is 5.75. The lowest BCUT2D eigenvalue weighted by Crippen LogP contribution is -2.29. The van der Waals surface area contributed by atoms with Gasteiger partial charge in [-0.1, -0.05) is 62.2 Å². The Bertz CT molecular complexity index is 1640. The summed E-state index contributed by atoms with van der Waals surface area (Å²) in [5, 5.41) is 16.7. The maximum atomic E-state index is 13.2. The Morgan fingerprint density at radius 3 is 2.54 bits per heavy atom. The smallest absolute Gasteiger partial charge is 0.247 e. The van der Waals surface area contributed by atoms with E-state index < -0.39 is 6.04 Å². The third-order valence-corrected chi connectivity index (χ3v) is 7.36. The molecular weight excluding hydrogens is 516 g/mol. The van der Waals surface area contributed by atoms with Crippen molar-refractivity contribution in [1.29, 1.82) is 0 Å². The number of aromatic nitrogens is 4. The van der Waals surface area contributed by atoms with E-state index >= 15 is 0 Å². The lowest BCUT2D eigenvalue weighted by Gasteiger charge is -2.16. The van der Waals surface area contributed by atoms with Crippen molar-refractivity contribution in [3.05, 3.63) is 78.4 Å². The van der Waals surface area contributed by atoms with Crippen LogP contribution in [0.15, 0.2) is 71.1 Å². The molecule has 3 aromatic carbocycles. The van der Waals surface area contributed by atoms with Gasteiger partial charge in [0.2, 0.25) is 23.6 Å². The fourth-order valence-electron chi connectivity index (χ4n) is 5.13. The minimum atomic E-state index is -0.422. The van der Waals surface area contributed by atoms with Crippen LogP contribution in [-0.2, 0) is 22.6 Å². The topological polar surface area (TPSA) is 115 Å². The van der Waals surface area contributed by atoms with Gasteiger partial charge in [-0.15, -0.1) is 10.2 Å². The molecule has 2 heterocycles. The van der Waals surface area contributed by atoms with Gasteiger partial charge in [-0.2, -0.15) is 0 Å². The van der Waals surface area contributed by atoms with Gasteiger partial charge in [0.15, 0.2) is 0 Å². The van der Waals surface area contributed by atoms with Crippen LogP contribution in [0.4, 0.5) is 0 Å². The number of carbonyl (C=O) groups excluding carboxylic acids is 2. The van der Waals surface area contributed by atoms with Crippen LogP contribution in [0.2, 0.25) is 0 Å². The highest BCUT2D eigenvalue weighted by atomic mass is 16.4. The number of nitrogens with one attached hydrogen (secondary N) is 2. The molecule has 0 aliphatic rings. The normalized spacial score (nSPS) is 12.0. The van der Waals surface area contributed by atoms with Crippen molar-refractivity contribution >= 4 is 33.6 Å².